The minimum absolute atomic E-state index is 0.786. The fraction of sp³-hybridized carbons (Fsp3) is 0.240. The lowest BCUT2D eigenvalue weighted by molar-refractivity contribution is 0.357. The Kier molecular flexibility index (Phi) is 5.05. The molecule has 0 aliphatic carbocycles. The fourth-order valence-corrected chi connectivity index (χ4v) is 4.75. The predicted molar refractivity (Wildman–Crippen MR) is 124 cm³/mol. The molecule has 5 heteroatoms. The molecule has 30 heavy (non-hydrogen) atoms. The number of nitrogens with one attached hydrogen (secondary N) is 1. The number of rotatable bonds is 7. The molecule has 4 nitrogen and oxygen atoms in total. The van der Waals surface area contributed by atoms with Gasteiger partial charge in [-0.1, -0.05) is 24.8 Å². The van der Waals surface area contributed by atoms with Gasteiger partial charge in [-0.25, -0.2) is 4.98 Å². The van der Waals surface area contributed by atoms with Gasteiger partial charge in [-0.15, -0.1) is 0 Å². The Balaban J connectivity index is 1.55. The smallest absolute Gasteiger partial charge is 0.122 e. The molecule has 0 bridgehead atoms. The third kappa shape index (κ3) is 3.61. The van der Waals surface area contributed by atoms with Crippen molar-refractivity contribution in [1.29, 1.82) is 0 Å². The van der Waals surface area contributed by atoms with Gasteiger partial charge in [-0.2, -0.15) is 11.3 Å². The standard InChI is InChI=1S/C25H25N3OS/c1-3-26-17(2)20-5-6-23-22(14-20)27-25(28(23)15-19-9-11-30-16-19)13-18-4-7-24-21(12-18)8-10-29-24/h4-7,9,11-12,14,16,26H,2-3,8,10,13,15H2,1H3. The summed E-state index contributed by atoms with van der Waals surface area (Å²) in [5.41, 5.74) is 8.09. The average molecular weight is 416 g/mol. The Bertz CT molecular complexity index is 1210. The van der Waals surface area contributed by atoms with Crippen molar-refractivity contribution in [3.05, 3.63) is 87.9 Å². The summed E-state index contributed by atoms with van der Waals surface area (Å²) in [5.74, 6) is 2.11. The van der Waals surface area contributed by atoms with E-state index >= 15 is 0 Å². The van der Waals surface area contributed by atoms with Crippen molar-refractivity contribution in [3.8, 4) is 5.75 Å². The molecule has 1 aliphatic rings. The zero-order chi connectivity index (χ0) is 20.5. The number of imidazole rings is 1. The van der Waals surface area contributed by atoms with Crippen LogP contribution < -0.4 is 10.1 Å². The molecule has 1 aliphatic heterocycles. The first kappa shape index (κ1) is 18.9. The van der Waals surface area contributed by atoms with Crippen molar-refractivity contribution in [2.75, 3.05) is 13.2 Å². The van der Waals surface area contributed by atoms with E-state index < -0.39 is 0 Å². The Morgan fingerprint density at radius 2 is 2.13 bits per heavy atom. The van der Waals surface area contributed by atoms with Crippen molar-refractivity contribution in [2.45, 2.75) is 26.3 Å². The molecule has 0 unspecified atom stereocenters. The molecule has 2 aromatic carbocycles. The van der Waals surface area contributed by atoms with E-state index in [2.05, 4.69) is 76.6 Å². The van der Waals surface area contributed by atoms with Crippen LogP contribution in [0.25, 0.3) is 16.7 Å². The molecule has 0 spiro atoms. The Hall–Kier alpha value is -3.05. The van der Waals surface area contributed by atoms with Crippen LogP contribution in [0.3, 0.4) is 0 Å². The van der Waals surface area contributed by atoms with E-state index in [4.69, 9.17) is 9.72 Å². The number of thiophene rings is 1. The van der Waals surface area contributed by atoms with Crippen LogP contribution in [-0.4, -0.2) is 22.7 Å². The van der Waals surface area contributed by atoms with Gasteiger partial charge in [0.2, 0.25) is 0 Å². The monoisotopic (exact) mass is 415 g/mol. The highest BCUT2D eigenvalue weighted by Gasteiger charge is 2.16. The maximum atomic E-state index is 5.67. The van der Waals surface area contributed by atoms with Crippen LogP contribution in [0.5, 0.6) is 5.75 Å². The van der Waals surface area contributed by atoms with Gasteiger partial charge in [0.05, 0.1) is 24.2 Å². The second-order valence-corrected chi connectivity index (χ2v) is 8.46. The Morgan fingerprint density at radius 1 is 1.20 bits per heavy atom. The van der Waals surface area contributed by atoms with Gasteiger partial charge in [0.1, 0.15) is 11.6 Å². The van der Waals surface area contributed by atoms with Crippen LogP contribution in [-0.2, 0) is 19.4 Å². The van der Waals surface area contributed by atoms with E-state index in [1.807, 2.05) is 0 Å². The molecule has 0 saturated carbocycles. The number of benzene rings is 2. The van der Waals surface area contributed by atoms with E-state index in [9.17, 15) is 0 Å². The largest absolute Gasteiger partial charge is 0.493 e. The van der Waals surface area contributed by atoms with Crippen LogP contribution in [0, 0.1) is 0 Å². The molecular formula is C25H25N3OS. The fourth-order valence-electron chi connectivity index (χ4n) is 4.09. The first-order chi connectivity index (χ1) is 14.7. The molecule has 0 amide bonds. The highest BCUT2D eigenvalue weighted by molar-refractivity contribution is 7.07. The molecule has 0 fully saturated rings. The predicted octanol–water partition coefficient (Wildman–Crippen LogP) is 5.25. The van der Waals surface area contributed by atoms with Crippen LogP contribution in [0.15, 0.2) is 59.8 Å². The third-order valence-corrected chi connectivity index (χ3v) is 6.33. The maximum Gasteiger partial charge on any atom is 0.122 e. The summed E-state index contributed by atoms with van der Waals surface area (Å²) in [6.45, 7) is 8.71. The summed E-state index contributed by atoms with van der Waals surface area (Å²) >= 11 is 1.73. The number of nitrogens with zero attached hydrogens (tertiary/aromatic N) is 2. The molecule has 0 saturated heterocycles. The third-order valence-electron chi connectivity index (χ3n) is 5.60. The maximum absolute atomic E-state index is 5.67. The van der Waals surface area contributed by atoms with Gasteiger partial charge in [-0.05, 0) is 64.2 Å². The van der Waals surface area contributed by atoms with Gasteiger partial charge < -0.3 is 14.6 Å². The lowest BCUT2D eigenvalue weighted by Gasteiger charge is -2.10. The van der Waals surface area contributed by atoms with Gasteiger partial charge >= 0.3 is 0 Å². The SMILES string of the molecule is C=C(NCC)c1ccc2c(c1)nc(Cc1ccc3c(c1)CCO3)n2Cc1ccsc1. The molecule has 5 rings (SSSR count). The summed E-state index contributed by atoms with van der Waals surface area (Å²) in [4.78, 5) is 5.05. The van der Waals surface area contributed by atoms with Crippen LogP contribution in [0.2, 0.25) is 0 Å². The van der Waals surface area contributed by atoms with Crippen molar-refractivity contribution in [1.82, 2.24) is 14.9 Å². The summed E-state index contributed by atoms with van der Waals surface area (Å²) in [6, 6.07) is 15.2. The van der Waals surface area contributed by atoms with E-state index in [0.29, 0.717) is 0 Å². The lowest BCUT2D eigenvalue weighted by atomic mass is 10.1. The molecule has 1 N–H and O–H groups in total. The molecule has 152 valence electrons. The summed E-state index contributed by atoms with van der Waals surface area (Å²) in [5, 5.41) is 7.65. The van der Waals surface area contributed by atoms with Gasteiger partial charge in [0.25, 0.3) is 0 Å². The van der Waals surface area contributed by atoms with Crippen molar-refractivity contribution in [3.63, 3.8) is 0 Å². The molecule has 0 atom stereocenters. The first-order valence-electron chi connectivity index (χ1n) is 10.4. The summed E-state index contributed by atoms with van der Waals surface area (Å²) in [6.07, 6.45) is 1.79. The summed E-state index contributed by atoms with van der Waals surface area (Å²) < 4.78 is 8.02. The van der Waals surface area contributed by atoms with E-state index in [1.165, 1.54) is 16.7 Å². The zero-order valence-electron chi connectivity index (χ0n) is 17.1. The number of hydrogen-bond acceptors (Lipinski definition) is 4. The van der Waals surface area contributed by atoms with Gasteiger partial charge in [0, 0.05) is 25.1 Å². The van der Waals surface area contributed by atoms with Crippen LogP contribution >= 0.6 is 11.3 Å². The van der Waals surface area contributed by atoms with E-state index in [0.717, 1.165) is 66.4 Å². The van der Waals surface area contributed by atoms with Crippen molar-refractivity contribution < 1.29 is 4.74 Å². The average Bonchev–Trinajstić information content (AvgIpc) is 3.49. The van der Waals surface area contributed by atoms with Crippen molar-refractivity contribution in [2.24, 2.45) is 0 Å². The molecule has 2 aromatic heterocycles. The quantitative estimate of drug-likeness (QED) is 0.448. The molecule has 0 radical (unpaired) electrons. The molecule has 4 aromatic rings. The minimum Gasteiger partial charge on any atom is -0.493 e. The Morgan fingerprint density at radius 3 is 2.97 bits per heavy atom. The molecule has 3 heterocycles. The normalized spacial score (nSPS) is 12.7. The topological polar surface area (TPSA) is 39.1 Å². The highest BCUT2D eigenvalue weighted by atomic mass is 32.1. The number of fused-ring (bicyclic) bond motifs is 2. The van der Waals surface area contributed by atoms with Crippen LogP contribution in [0.4, 0.5) is 0 Å². The Labute approximate surface area is 180 Å². The van der Waals surface area contributed by atoms with E-state index in [1.54, 1.807) is 11.3 Å². The lowest BCUT2D eigenvalue weighted by Crippen LogP contribution is -2.09. The second kappa shape index (κ2) is 8.00. The summed E-state index contributed by atoms with van der Waals surface area (Å²) in [7, 11) is 0. The van der Waals surface area contributed by atoms with E-state index in [-0.39, 0.29) is 0 Å². The first-order valence-corrected chi connectivity index (χ1v) is 11.3. The van der Waals surface area contributed by atoms with Gasteiger partial charge in [-0.3, -0.25) is 0 Å². The number of aromatic nitrogens is 2. The second-order valence-electron chi connectivity index (χ2n) is 7.68. The van der Waals surface area contributed by atoms with Gasteiger partial charge in [0.15, 0.2) is 0 Å². The zero-order valence-corrected chi connectivity index (χ0v) is 18.0. The minimum atomic E-state index is 0.786. The number of hydrogen-bond donors (Lipinski definition) is 1. The number of ether oxygens (including phenoxy) is 1. The molecular weight excluding hydrogens is 390 g/mol. The highest BCUT2D eigenvalue weighted by Crippen LogP contribution is 2.28. The van der Waals surface area contributed by atoms with Crippen LogP contribution in [0.1, 0.15) is 35.0 Å². The van der Waals surface area contributed by atoms with Crippen molar-refractivity contribution >= 4 is 28.1 Å².